The third kappa shape index (κ3) is 4.42. The van der Waals surface area contributed by atoms with Crippen molar-refractivity contribution in [3.05, 3.63) is 77.2 Å². The summed E-state index contributed by atoms with van der Waals surface area (Å²) in [4.78, 5) is 17.1. The molecule has 8 nitrogen and oxygen atoms in total. The molecule has 9 heteroatoms. The van der Waals surface area contributed by atoms with Gasteiger partial charge in [-0.3, -0.25) is 4.79 Å². The lowest BCUT2D eigenvalue weighted by Crippen LogP contribution is -2.28. The lowest BCUT2D eigenvalue weighted by atomic mass is 9.95. The van der Waals surface area contributed by atoms with E-state index in [0.29, 0.717) is 27.9 Å². The van der Waals surface area contributed by atoms with Crippen LogP contribution >= 0.6 is 0 Å². The molecule has 0 aliphatic rings. The fourth-order valence-corrected chi connectivity index (χ4v) is 3.19. The van der Waals surface area contributed by atoms with Crippen molar-refractivity contribution in [3.8, 4) is 11.6 Å². The highest BCUT2D eigenvalue weighted by Gasteiger charge is 2.22. The van der Waals surface area contributed by atoms with Gasteiger partial charge in [-0.25, -0.2) is 14.0 Å². The normalized spacial score (nSPS) is 12.5. The predicted octanol–water partition coefficient (Wildman–Crippen LogP) is 4.27. The van der Waals surface area contributed by atoms with Crippen molar-refractivity contribution < 1.29 is 23.7 Å². The minimum Gasteiger partial charge on any atom is -0.438 e. The molecular weight excluding hydrogens is 415 g/mol. The summed E-state index contributed by atoms with van der Waals surface area (Å²) >= 11 is 0. The topological polar surface area (TPSA) is 110 Å². The van der Waals surface area contributed by atoms with Crippen molar-refractivity contribution in [2.45, 2.75) is 32.4 Å². The Morgan fingerprint density at radius 3 is 2.69 bits per heavy atom. The van der Waals surface area contributed by atoms with Gasteiger partial charge >= 0.3 is 0 Å². The summed E-state index contributed by atoms with van der Waals surface area (Å²) in [6, 6.07) is 11.9. The van der Waals surface area contributed by atoms with E-state index in [1.54, 1.807) is 63.2 Å². The zero-order chi connectivity index (χ0) is 22.9. The maximum atomic E-state index is 14.6. The van der Waals surface area contributed by atoms with Gasteiger partial charge in [0.05, 0.1) is 11.6 Å². The van der Waals surface area contributed by atoms with Crippen LogP contribution in [0.5, 0.6) is 11.6 Å². The molecule has 0 saturated heterocycles. The molecule has 2 aromatic heterocycles. The number of ether oxygens (including phenoxy) is 1. The van der Waals surface area contributed by atoms with Gasteiger partial charge in [0, 0.05) is 17.8 Å². The first-order valence-corrected chi connectivity index (χ1v) is 9.91. The standard InChI is InChI=1S/C23H21FN4O4/c1-13(16-8-6-14(11-18(16)24)23(2,3)30)26-21(29)17-5-4-10-25-22(17)31-15-7-9-19-20(12-15)28-32-27-19/h4-13,30H,1-3H3,(H,26,29). The number of aromatic nitrogens is 3. The third-order valence-electron chi connectivity index (χ3n) is 4.98. The number of benzene rings is 2. The molecular formula is C23H21FN4O4. The third-order valence-corrected chi connectivity index (χ3v) is 4.98. The number of nitrogens with one attached hydrogen (secondary N) is 1. The number of hydrogen-bond acceptors (Lipinski definition) is 7. The van der Waals surface area contributed by atoms with Crippen LogP contribution in [0.1, 0.15) is 48.3 Å². The first-order chi connectivity index (χ1) is 15.2. The Kier molecular flexibility index (Phi) is 5.58. The van der Waals surface area contributed by atoms with Gasteiger partial charge in [-0.1, -0.05) is 12.1 Å². The van der Waals surface area contributed by atoms with Crippen molar-refractivity contribution in [2.24, 2.45) is 0 Å². The van der Waals surface area contributed by atoms with E-state index in [9.17, 15) is 14.3 Å². The molecule has 32 heavy (non-hydrogen) atoms. The van der Waals surface area contributed by atoms with Crippen molar-refractivity contribution >= 4 is 16.9 Å². The van der Waals surface area contributed by atoms with Gasteiger partial charge in [-0.2, -0.15) is 0 Å². The number of carbonyl (C=O) groups is 1. The van der Waals surface area contributed by atoms with Gasteiger partial charge in [-0.15, -0.1) is 0 Å². The van der Waals surface area contributed by atoms with E-state index in [0.717, 1.165) is 0 Å². The largest absolute Gasteiger partial charge is 0.438 e. The molecule has 0 spiro atoms. The maximum Gasteiger partial charge on any atom is 0.257 e. The second kappa shape index (κ2) is 8.35. The Hall–Kier alpha value is -3.85. The van der Waals surface area contributed by atoms with Crippen LogP contribution in [0.15, 0.2) is 59.4 Å². The maximum absolute atomic E-state index is 14.6. The molecule has 4 aromatic rings. The second-order valence-electron chi connectivity index (χ2n) is 7.86. The van der Waals surface area contributed by atoms with Crippen molar-refractivity contribution in [1.82, 2.24) is 20.6 Å². The highest BCUT2D eigenvalue weighted by molar-refractivity contribution is 5.96. The molecule has 0 fully saturated rings. The van der Waals surface area contributed by atoms with Crippen LogP contribution in [-0.2, 0) is 5.60 Å². The summed E-state index contributed by atoms with van der Waals surface area (Å²) in [6.07, 6.45) is 1.50. The summed E-state index contributed by atoms with van der Waals surface area (Å²) in [5, 5.41) is 20.3. The molecule has 2 N–H and O–H groups in total. The lowest BCUT2D eigenvalue weighted by molar-refractivity contribution is 0.0781. The molecule has 0 bridgehead atoms. The monoisotopic (exact) mass is 436 g/mol. The number of amides is 1. The Labute approximate surface area is 183 Å². The SMILES string of the molecule is CC(NC(=O)c1cccnc1Oc1ccc2nonc2c1)c1ccc(C(C)(C)O)cc1F. The van der Waals surface area contributed by atoms with E-state index in [1.807, 2.05) is 0 Å². The summed E-state index contributed by atoms with van der Waals surface area (Å²) < 4.78 is 25.1. The Balaban J connectivity index is 1.54. The summed E-state index contributed by atoms with van der Waals surface area (Å²) in [5.41, 5.74) is 0.831. The molecule has 0 aliphatic carbocycles. The van der Waals surface area contributed by atoms with E-state index < -0.39 is 23.4 Å². The van der Waals surface area contributed by atoms with Crippen LogP contribution < -0.4 is 10.1 Å². The fourth-order valence-electron chi connectivity index (χ4n) is 3.19. The molecule has 1 unspecified atom stereocenters. The molecule has 0 radical (unpaired) electrons. The molecule has 1 amide bonds. The molecule has 2 heterocycles. The number of fused-ring (bicyclic) bond motifs is 1. The molecule has 1 atom stereocenters. The predicted molar refractivity (Wildman–Crippen MR) is 114 cm³/mol. The van der Waals surface area contributed by atoms with Crippen LogP contribution in [0, 0.1) is 5.82 Å². The second-order valence-corrected chi connectivity index (χ2v) is 7.86. The van der Waals surface area contributed by atoms with E-state index in [2.05, 4.69) is 25.2 Å². The molecule has 164 valence electrons. The number of nitrogens with zero attached hydrogens (tertiary/aromatic N) is 3. The van der Waals surface area contributed by atoms with Crippen LogP contribution in [0.25, 0.3) is 11.0 Å². The van der Waals surface area contributed by atoms with E-state index in [4.69, 9.17) is 4.74 Å². The molecule has 2 aromatic carbocycles. The number of rotatable bonds is 6. The number of pyridine rings is 1. The zero-order valence-corrected chi connectivity index (χ0v) is 17.7. The van der Waals surface area contributed by atoms with Gasteiger partial charge < -0.3 is 15.2 Å². The molecule has 4 rings (SSSR count). The first kappa shape index (κ1) is 21.4. The van der Waals surface area contributed by atoms with Crippen LogP contribution in [0.4, 0.5) is 4.39 Å². The average Bonchev–Trinajstić information content (AvgIpc) is 3.21. The molecule has 0 saturated carbocycles. The smallest absolute Gasteiger partial charge is 0.257 e. The first-order valence-electron chi connectivity index (χ1n) is 9.91. The van der Waals surface area contributed by atoms with Crippen LogP contribution in [-0.4, -0.2) is 26.3 Å². The van der Waals surface area contributed by atoms with Crippen molar-refractivity contribution in [2.75, 3.05) is 0 Å². The Bertz CT molecular complexity index is 1280. The Morgan fingerprint density at radius 2 is 1.94 bits per heavy atom. The fraction of sp³-hybridized carbons (Fsp3) is 0.217. The van der Waals surface area contributed by atoms with Crippen LogP contribution in [0.3, 0.4) is 0 Å². The summed E-state index contributed by atoms with van der Waals surface area (Å²) in [5.74, 6) is -0.501. The van der Waals surface area contributed by atoms with Gasteiger partial charge in [0.25, 0.3) is 5.91 Å². The quantitative estimate of drug-likeness (QED) is 0.464. The van der Waals surface area contributed by atoms with E-state index in [1.165, 1.54) is 12.3 Å². The Morgan fingerprint density at radius 1 is 1.16 bits per heavy atom. The highest BCUT2D eigenvalue weighted by atomic mass is 19.1. The van der Waals surface area contributed by atoms with Gasteiger partial charge in [0.1, 0.15) is 28.2 Å². The number of halogens is 1. The summed E-state index contributed by atoms with van der Waals surface area (Å²) in [7, 11) is 0. The average molecular weight is 436 g/mol. The zero-order valence-electron chi connectivity index (χ0n) is 17.7. The van der Waals surface area contributed by atoms with Gasteiger partial charge in [0.2, 0.25) is 5.88 Å². The van der Waals surface area contributed by atoms with E-state index in [-0.39, 0.29) is 11.4 Å². The number of hydrogen-bond donors (Lipinski definition) is 2. The summed E-state index contributed by atoms with van der Waals surface area (Å²) in [6.45, 7) is 4.82. The highest BCUT2D eigenvalue weighted by Crippen LogP contribution is 2.27. The minimum absolute atomic E-state index is 0.0888. The van der Waals surface area contributed by atoms with Crippen molar-refractivity contribution in [3.63, 3.8) is 0 Å². The van der Waals surface area contributed by atoms with Gasteiger partial charge in [-0.05, 0) is 67.0 Å². The number of carbonyl (C=O) groups excluding carboxylic acids is 1. The van der Waals surface area contributed by atoms with Crippen molar-refractivity contribution in [1.29, 1.82) is 0 Å². The minimum atomic E-state index is -1.17. The van der Waals surface area contributed by atoms with E-state index >= 15 is 0 Å². The van der Waals surface area contributed by atoms with Gasteiger partial charge in [0.15, 0.2) is 0 Å². The lowest BCUT2D eigenvalue weighted by Gasteiger charge is -2.21. The van der Waals surface area contributed by atoms with Crippen LogP contribution in [0.2, 0.25) is 0 Å². The number of aliphatic hydroxyl groups is 1. The molecule has 0 aliphatic heterocycles.